The van der Waals surface area contributed by atoms with Crippen molar-refractivity contribution in [2.75, 3.05) is 19.0 Å². The van der Waals surface area contributed by atoms with Crippen molar-refractivity contribution < 1.29 is 22.7 Å². The molecule has 28 heavy (non-hydrogen) atoms. The molecule has 2 N–H and O–H groups in total. The molecule has 0 bridgehead atoms. The zero-order valence-electron chi connectivity index (χ0n) is 15.6. The lowest BCUT2D eigenvalue weighted by molar-refractivity contribution is -0.111. The molecule has 0 aliphatic rings. The number of esters is 1. The third kappa shape index (κ3) is 6.04. The Bertz CT molecular complexity index is 949. The van der Waals surface area contributed by atoms with Gasteiger partial charge in [0.05, 0.1) is 17.6 Å². The lowest BCUT2D eigenvalue weighted by Gasteiger charge is -2.05. The molecular formula is C20H22N2O5S. The van der Waals surface area contributed by atoms with Crippen molar-refractivity contribution in [1.82, 2.24) is 4.72 Å². The molecule has 0 heterocycles. The quantitative estimate of drug-likeness (QED) is 0.522. The summed E-state index contributed by atoms with van der Waals surface area (Å²) < 4.78 is 31.2. The Hall–Kier alpha value is -2.97. The van der Waals surface area contributed by atoms with Gasteiger partial charge in [0.1, 0.15) is 0 Å². The van der Waals surface area contributed by atoms with Crippen LogP contribution in [0, 0.1) is 0 Å². The van der Waals surface area contributed by atoms with Crippen molar-refractivity contribution >= 4 is 33.7 Å². The van der Waals surface area contributed by atoms with Gasteiger partial charge < -0.3 is 10.1 Å². The van der Waals surface area contributed by atoms with Gasteiger partial charge in [0.25, 0.3) is 0 Å². The Labute approximate surface area is 164 Å². The Morgan fingerprint density at radius 1 is 1.04 bits per heavy atom. The largest absolute Gasteiger partial charge is 0.465 e. The first kappa shape index (κ1) is 21.3. The predicted molar refractivity (Wildman–Crippen MR) is 107 cm³/mol. The number of carbonyl (C=O) groups is 2. The molecule has 0 fully saturated rings. The van der Waals surface area contributed by atoms with E-state index in [4.69, 9.17) is 0 Å². The van der Waals surface area contributed by atoms with Gasteiger partial charge in [-0.1, -0.05) is 19.1 Å². The van der Waals surface area contributed by atoms with Crippen LogP contribution in [0.25, 0.3) is 6.08 Å². The summed E-state index contributed by atoms with van der Waals surface area (Å²) >= 11 is 0. The molecule has 2 rings (SSSR count). The van der Waals surface area contributed by atoms with E-state index in [0.717, 1.165) is 0 Å². The average molecular weight is 402 g/mol. The molecular weight excluding hydrogens is 380 g/mol. The highest BCUT2D eigenvalue weighted by molar-refractivity contribution is 7.89. The molecule has 0 spiro atoms. The zero-order valence-corrected chi connectivity index (χ0v) is 16.5. The summed E-state index contributed by atoms with van der Waals surface area (Å²) in [7, 11) is -2.21. The number of ether oxygens (including phenoxy) is 1. The maximum absolute atomic E-state index is 12.0. The summed E-state index contributed by atoms with van der Waals surface area (Å²) in [5, 5.41) is 2.67. The van der Waals surface area contributed by atoms with Gasteiger partial charge in [0, 0.05) is 18.3 Å². The highest BCUT2D eigenvalue weighted by Crippen LogP contribution is 2.13. The third-order valence-electron chi connectivity index (χ3n) is 3.73. The Kier molecular flexibility index (Phi) is 7.48. The molecule has 0 saturated heterocycles. The first-order valence-corrected chi connectivity index (χ1v) is 10.1. The van der Waals surface area contributed by atoms with Gasteiger partial charge in [-0.3, -0.25) is 4.79 Å². The second-order valence-electron chi connectivity index (χ2n) is 5.86. The first-order valence-electron chi connectivity index (χ1n) is 8.63. The Morgan fingerprint density at radius 3 is 2.25 bits per heavy atom. The summed E-state index contributed by atoms with van der Waals surface area (Å²) in [4.78, 5) is 23.6. The summed E-state index contributed by atoms with van der Waals surface area (Å²) in [5.74, 6) is -0.805. The predicted octanol–water partition coefficient (Wildman–Crippen LogP) is 2.81. The standard InChI is InChI=1S/C20H22N2O5S/c1-3-14-21-28(25,26)18-11-4-15(5-12-18)6-13-19(23)22-17-9-7-16(8-10-17)20(24)27-2/h4-13,21H,3,14H2,1-2H3,(H,22,23)/b13-6+. The SMILES string of the molecule is CCCNS(=O)(=O)c1ccc(/C=C/C(=O)Nc2ccc(C(=O)OC)cc2)cc1. The number of anilines is 1. The molecule has 8 heteroatoms. The highest BCUT2D eigenvalue weighted by atomic mass is 32.2. The van der Waals surface area contributed by atoms with Crippen LogP contribution >= 0.6 is 0 Å². The fourth-order valence-electron chi connectivity index (χ4n) is 2.24. The number of nitrogens with one attached hydrogen (secondary N) is 2. The van der Waals surface area contributed by atoms with E-state index >= 15 is 0 Å². The number of rotatable bonds is 8. The minimum atomic E-state index is -3.51. The number of sulfonamides is 1. The second kappa shape index (κ2) is 9.82. The van der Waals surface area contributed by atoms with Crippen LogP contribution in [0.1, 0.15) is 29.3 Å². The molecule has 7 nitrogen and oxygen atoms in total. The molecule has 0 radical (unpaired) electrons. The van der Waals surface area contributed by atoms with Crippen LogP contribution < -0.4 is 10.0 Å². The van der Waals surface area contributed by atoms with Crippen LogP contribution in [0.2, 0.25) is 0 Å². The summed E-state index contributed by atoms with van der Waals surface area (Å²) in [5.41, 5.74) is 1.61. The van der Waals surface area contributed by atoms with E-state index in [0.29, 0.717) is 29.8 Å². The van der Waals surface area contributed by atoms with Crippen molar-refractivity contribution in [3.8, 4) is 0 Å². The van der Waals surface area contributed by atoms with Crippen LogP contribution in [0.5, 0.6) is 0 Å². The monoisotopic (exact) mass is 402 g/mol. The first-order chi connectivity index (χ1) is 13.4. The summed E-state index contributed by atoms with van der Waals surface area (Å²) in [6, 6.07) is 12.5. The number of carbonyl (C=O) groups excluding carboxylic acids is 2. The number of amides is 1. The molecule has 0 aliphatic heterocycles. The molecule has 0 aliphatic carbocycles. The van der Waals surface area contributed by atoms with Gasteiger partial charge in [-0.15, -0.1) is 0 Å². The third-order valence-corrected chi connectivity index (χ3v) is 5.21. The maximum atomic E-state index is 12.0. The van der Waals surface area contributed by atoms with E-state index < -0.39 is 16.0 Å². The molecule has 0 saturated carbocycles. The van der Waals surface area contributed by atoms with Gasteiger partial charge >= 0.3 is 5.97 Å². The van der Waals surface area contributed by atoms with Crippen molar-refractivity contribution in [2.45, 2.75) is 18.2 Å². The van der Waals surface area contributed by atoms with Crippen LogP contribution in [0.15, 0.2) is 59.5 Å². The lowest BCUT2D eigenvalue weighted by Crippen LogP contribution is -2.24. The van der Waals surface area contributed by atoms with Gasteiger partial charge in [0.2, 0.25) is 15.9 Å². The number of benzene rings is 2. The number of hydrogen-bond donors (Lipinski definition) is 2. The molecule has 1 amide bonds. The molecule has 148 valence electrons. The van der Waals surface area contributed by atoms with Crippen LogP contribution in [-0.2, 0) is 19.6 Å². The molecule has 2 aromatic carbocycles. The van der Waals surface area contributed by atoms with Crippen molar-refractivity contribution in [2.24, 2.45) is 0 Å². The van der Waals surface area contributed by atoms with Gasteiger partial charge in [-0.05, 0) is 54.5 Å². The van der Waals surface area contributed by atoms with Crippen LogP contribution in [0.3, 0.4) is 0 Å². The molecule has 2 aromatic rings. The van der Waals surface area contributed by atoms with Crippen LogP contribution in [0.4, 0.5) is 5.69 Å². The minimum absolute atomic E-state index is 0.174. The van der Waals surface area contributed by atoms with Crippen molar-refractivity contribution in [3.05, 3.63) is 65.7 Å². The number of hydrogen-bond acceptors (Lipinski definition) is 5. The van der Waals surface area contributed by atoms with Crippen molar-refractivity contribution in [1.29, 1.82) is 0 Å². The minimum Gasteiger partial charge on any atom is -0.465 e. The van der Waals surface area contributed by atoms with E-state index in [9.17, 15) is 18.0 Å². The van der Waals surface area contributed by atoms with E-state index in [1.807, 2.05) is 6.92 Å². The molecule has 0 unspecified atom stereocenters. The zero-order chi connectivity index (χ0) is 20.6. The summed E-state index contributed by atoms with van der Waals surface area (Å²) in [6.07, 6.45) is 3.63. The fraction of sp³-hybridized carbons (Fsp3) is 0.200. The Morgan fingerprint density at radius 2 is 1.68 bits per heavy atom. The maximum Gasteiger partial charge on any atom is 0.337 e. The van der Waals surface area contributed by atoms with E-state index in [2.05, 4.69) is 14.8 Å². The van der Waals surface area contributed by atoms with Gasteiger partial charge in [-0.2, -0.15) is 0 Å². The average Bonchev–Trinajstić information content (AvgIpc) is 2.71. The lowest BCUT2D eigenvalue weighted by atomic mass is 10.2. The molecule has 0 aromatic heterocycles. The van der Waals surface area contributed by atoms with E-state index in [1.54, 1.807) is 42.5 Å². The number of methoxy groups -OCH3 is 1. The Balaban J connectivity index is 1.97. The second-order valence-corrected chi connectivity index (χ2v) is 7.63. The smallest absolute Gasteiger partial charge is 0.337 e. The highest BCUT2D eigenvalue weighted by Gasteiger charge is 2.12. The van der Waals surface area contributed by atoms with E-state index in [1.165, 1.54) is 25.3 Å². The summed E-state index contributed by atoms with van der Waals surface area (Å²) in [6.45, 7) is 2.26. The topological polar surface area (TPSA) is 102 Å². The van der Waals surface area contributed by atoms with Crippen molar-refractivity contribution in [3.63, 3.8) is 0 Å². The fourth-order valence-corrected chi connectivity index (χ4v) is 3.38. The van der Waals surface area contributed by atoms with Gasteiger partial charge in [-0.25, -0.2) is 17.9 Å². The van der Waals surface area contributed by atoms with E-state index in [-0.39, 0.29) is 10.8 Å². The van der Waals surface area contributed by atoms with Gasteiger partial charge in [0.15, 0.2) is 0 Å². The molecule has 0 atom stereocenters. The van der Waals surface area contributed by atoms with Crippen LogP contribution in [-0.4, -0.2) is 33.9 Å². The normalized spacial score (nSPS) is 11.4.